The van der Waals surface area contributed by atoms with Gasteiger partial charge in [-0.05, 0) is 12.1 Å². The van der Waals surface area contributed by atoms with Gasteiger partial charge < -0.3 is 21.5 Å². The lowest BCUT2D eigenvalue weighted by Gasteiger charge is -2.04. The van der Waals surface area contributed by atoms with Crippen molar-refractivity contribution in [3.05, 3.63) is 17.8 Å². The molecule has 0 atom stereocenters. The Balaban J connectivity index is 2.25. The molecule has 0 bridgehead atoms. The fraction of sp³-hybridized carbons (Fsp3) is 0.333. The Hall–Kier alpha value is -2.22. The summed E-state index contributed by atoms with van der Waals surface area (Å²) in [5.74, 6) is -0.702. The van der Waals surface area contributed by atoms with Gasteiger partial charge in [0.2, 0.25) is 5.91 Å². The maximum atomic E-state index is 11.5. The number of rotatable bonds is 6. The summed E-state index contributed by atoms with van der Waals surface area (Å²) < 4.78 is 4.86. The van der Waals surface area contributed by atoms with E-state index in [1.165, 1.54) is 12.1 Å². The van der Waals surface area contributed by atoms with E-state index < -0.39 is 5.91 Å². The zero-order valence-corrected chi connectivity index (χ0v) is 9.05. The van der Waals surface area contributed by atoms with E-state index in [4.69, 9.17) is 16.2 Å². The van der Waals surface area contributed by atoms with E-state index in [9.17, 15) is 9.59 Å². The molecule has 8 nitrogen and oxygen atoms in total. The van der Waals surface area contributed by atoms with Crippen molar-refractivity contribution in [2.75, 3.05) is 25.5 Å². The van der Waals surface area contributed by atoms with E-state index in [-0.39, 0.29) is 37.2 Å². The van der Waals surface area contributed by atoms with Crippen LogP contribution in [0.25, 0.3) is 0 Å². The minimum atomic E-state index is -0.555. The van der Waals surface area contributed by atoms with Crippen LogP contribution in [0, 0.1) is 0 Å². The zero-order chi connectivity index (χ0) is 12.7. The molecule has 1 aromatic heterocycles. The number of nitrogen functional groups attached to an aromatic ring is 1. The highest BCUT2D eigenvalue weighted by Gasteiger charge is 2.06. The summed E-state index contributed by atoms with van der Waals surface area (Å²) in [5.41, 5.74) is 10.3. The molecule has 0 aromatic carbocycles. The Bertz CT molecular complexity index is 392. The summed E-state index contributed by atoms with van der Waals surface area (Å²) in [7, 11) is 0. The molecular formula is C9H13N5O3. The number of anilines is 1. The van der Waals surface area contributed by atoms with Gasteiger partial charge >= 0.3 is 0 Å². The molecular weight excluding hydrogens is 226 g/mol. The maximum Gasteiger partial charge on any atom is 0.271 e. The normalized spacial score (nSPS) is 9.88. The number of ether oxygens (including phenoxy) is 1. The SMILES string of the molecule is NC(=O)COCCNC(=O)c1ccc(N)nn1. The summed E-state index contributed by atoms with van der Waals surface area (Å²) in [6.07, 6.45) is 0. The molecule has 8 heteroatoms. The number of carbonyl (C=O) groups excluding carboxylic acids is 2. The lowest BCUT2D eigenvalue weighted by molar-refractivity contribution is -0.122. The van der Waals surface area contributed by atoms with Crippen molar-refractivity contribution in [2.45, 2.75) is 0 Å². The fourth-order valence-corrected chi connectivity index (χ4v) is 0.964. The van der Waals surface area contributed by atoms with Gasteiger partial charge in [0.25, 0.3) is 5.91 Å². The smallest absolute Gasteiger partial charge is 0.271 e. The highest BCUT2D eigenvalue weighted by atomic mass is 16.5. The maximum absolute atomic E-state index is 11.5. The van der Waals surface area contributed by atoms with E-state index in [0.717, 1.165) is 0 Å². The van der Waals surface area contributed by atoms with Crippen LogP contribution in [-0.2, 0) is 9.53 Å². The fourth-order valence-electron chi connectivity index (χ4n) is 0.964. The van der Waals surface area contributed by atoms with Crippen molar-refractivity contribution < 1.29 is 14.3 Å². The Morgan fingerprint density at radius 2 is 2.12 bits per heavy atom. The van der Waals surface area contributed by atoms with Crippen molar-refractivity contribution in [1.29, 1.82) is 0 Å². The second kappa shape index (κ2) is 6.38. The molecule has 1 heterocycles. The summed E-state index contributed by atoms with van der Waals surface area (Å²) in [4.78, 5) is 21.8. The van der Waals surface area contributed by atoms with Gasteiger partial charge in [0.1, 0.15) is 12.4 Å². The number of primary amides is 1. The van der Waals surface area contributed by atoms with E-state index in [1.54, 1.807) is 0 Å². The minimum Gasteiger partial charge on any atom is -0.382 e. The van der Waals surface area contributed by atoms with Crippen LogP contribution in [0.5, 0.6) is 0 Å². The first-order chi connectivity index (χ1) is 8.09. The van der Waals surface area contributed by atoms with Crippen LogP contribution >= 0.6 is 0 Å². The van der Waals surface area contributed by atoms with Crippen molar-refractivity contribution in [1.82, 2.24) is 15.5 Å². The molecule has 1 rings (SSSR count). The van der Waals surface area contributed by atoms with E-state index in [1.807, 2.05) is 0 Å². The number of nitrogens with one attached hydrogen (secondary N) is 1. The number of carbonyl (C=O) groups is 2. The average molecular weight is 239 g/mol. The second-order valence-corrected chi connectivity index (χ2v) is 3.12. The van der Waals surface area contributed by atoms with Crippen molar-refractivity contribution in [3.8, 4) is 0 Å². The number of amides is 2. The predicted octanol–water partition coefficient (Wildman–Crippen LogP) is -1.71. The van der Waals surface area contributed by atoms with Gasteiger partial charge in [0, 0.05) is 6.54 Å². The summed E-state index contributed by atoms with van der Waals surface area (Å²) in [5, 5.41) is 9.68. The van der Waals surface area contributed by atoms with Gasteiger partial charge in [0.05, 0.1) is 6.61 Å². The average Bonchev–Trinajstić information content (AvgIpc) is 2.29. The molecule has 0 radical (unpaired) electrons. The van der Waals surface area contributed by atoms with Crippen LogP contribution in [0.15, 0.2) is 12.1 Å². The first-order valence-electron chi connectivity index (χ1n) is 4.83. The largest absolute Gasteiger partial charge is 0.382 e. The van der Waals surface area contributed by atoms with Crippen LogP contribution in [0.4, 0.5) is 5.82 Å². The summed E-state index contributed by atoms with van der Waals surface area (Å²) in [6.45, 7) is 0.271. The van der Waals surface area contributed by atoms with Crippen LogP contribution in [-0.4, -0.2) is 41.8 Å². The lowest BCUT2D eigenvalue weighted by Crippen LogP contribution is -2.29. The number of hydrogen-bond acceptors (Lipinski definition) is 6. The topological polar surface area (TPSA) is 133 Å². The van der Waals surface area contributed by atoms with Crippen molar-refractivity contribution in [2.24, 2.45) is 5.73 Å². The molecule has 5 N–H and O–H groups in total. The molecule has 0 spiro atoms. The number of nitrogens with two attached hydrogens (primary N) is 2. The third kappa shape index (κ3) is 4.89. The Kier molecular flexibility index (Phi) is 4.82. The molecule has 0 aliphatic rings. The number of aromatic nitrogens is 2. The van der Waals surface area contributed by atoms with Crippen LogP contribution < -0.4 is 16.8 Å². The molecule has 0 unspecified atom stereocenters. The molecule has 0 saturated heterocycles. The van der Waals surface area contributed by atoms with Crippen LogP contribution in [0.1, 0.15) is 10.5 Å². The highest BCUT2D eigenvalue weighted by Crippen LogP contribution is 1.96. The van der Waals surface area contributed by atoms with Crippen LogP contribution in [0.3, 0.4) is 0 Å². The predicted molar refractivity (Wildman–Crippen MR) is 58.8 cm³/mol. The Labute approximate surface area is 97.3 Å². The first-order valence-corrected chi connectivity index (χ1v) is 4.83. The molecule has 0 fully saturated rings. The summed E-state index contributed by atoms with van der Waals surface area (Å²) >= 11 is 0. The molecule has 0 aliphatic heterocycles. The molecule has 1 aromatic rings. The van der Waals surface area contributed by atoms with Crippen molar-refractivity contribution >= 4 is 17.6 Å². The van der Waals surface area contributed by atoms with Crippen LogP contribution in [0.2, 0.25) is 0 Å². The minimum absolute atomic E-state index is 0.161. The number of hydrogen-bond donors (Lipinski definition) is 3. The van der Waals surface area contributed by atoms with Gasteiger partial charge in [-0.25, -0.2) is 0 Å². The summed E-state index contributed by atoms with van der Waals surface area (Å²) in [6, 6.07) is 2.94. The van der Waals surface area contributed by atoms with E-state index in [0.29, 0.717) is 0 Å². The molecule has 0 aliphatic carbocycles. The van der Waals surface area contributed by atoms with E-state index in [2.05, 4.69) is 15.5 Å². The molecule has 17 heavy (non-hydrogen) atoms. The Morgan fingerprint density at radius 3 is 2.71 bits per heavy atom. The Morgan fingerprint density at radius 1 is 1.35 bits per heavy atom. The van der Waals surface area contributed by atoms with Gasteiger partial charge in [0.15, 0.2) is 5.69 Å². The second-order valence-electron chi connectivity index (χ2n) is 3.12. The third-order valence-corrected chi connectivity index (χ3v) is 1.69. The highest BCUT2D eigenvalue weighted by molar-refractivity contribution is 5.92. The molecule has 2 amide bonds. The van der Waals surface area contributed by atoms with Crippen molar-refractivity contribution in [3.63, 3.8) is 0 Å². The monoisotopic (exact) mass is 239 g/mol. The molecule has 0 saturated carbocycles. The van der Waals surface area contributed by atoms with E-state index >= 15 is 0 Å². The van der Waals surface area contributed by atoms with Gasteiger partial charge in [-0.15, -0.1) is 10.2 Å². The molecule has 92 valence electrons. The number of nitrogens with zero attached hydrogens (tertiary/aromatic N) is 2. The quantitative estimate of drug-likeness (QED) is 0.506. The first kappa shape index (κ1) is 12.8. The lowest BCUT2D eigenvalue weighted by atomic mass is 10.3. The van der Waals surface area contributed by atoms with Gasteiger partial charge in [-0.2, -0.15) is 0 Å². The third-order valence-electron chi connectivity index (χ3n) is 1.69. The van der Waals surface area contributed by atoms with Gasteiger partial charge in [-0.3, -0.25) is 9.59 Å². The van der Waals surface area contributed by atoms with Gasteiger partial charge in [-0.1, -0.05) is 0 Å². The standard InChI is InChI=1S/C9H13N5O3/c10-7-2-1-6(13-14-7)9(16)12-3-4-17-5-8(11)15/h1-2H,3-5H2,(H2,10,14)(H2,11,15)(H,12,16). The zero-order valence-electron chi connectivity index (χ0n) is 9.05.